The Morgan fingerprint density at radius 2 is 1.87 bits per heavy atom. The molecule has 0 spiro atoms. The molecule has 3 nitrogen and oxygen atoms in total. The molecule has 118 valence electrons. The van der Waals surface area contributed by atoms with E-state index >= 15 is 0 Å². The molecule has 0 atom stereocenters. The molecule has 0 bridgehead atoms. The van der Waals surface area contributed by atoms with E-state index in [1.807, 2.05) is 18.2 Å². The fourth-order valence-electron chi connectivity index (χ4n) is 3.18. The number of anilines is 1. The molecular weight excluding hydrogens is 306 g/mol. The van der Waals surface area contributed by atoms with Crippen molar-refractivity contribution < 1.29 is 4.42 Å². The maximum atomic E-state index is 12.4. The van der Waals surface area contributed by atoms with Gasteiger partial charge in [-0.2, -0.15) is 0 Å². The number of hydrogen-bond donors (Lipinski definition) is 0. The van der Waals surface area contributed by atoms with Crippen LogP contribution < -0.4 is 10.3 Å². The second-order valence-electron chi connectivity index (χ2n) is 6.08. The Hall–Kier alpha value is -2.07. The molecule has 0 amide bonds. The standard InChI is InChI=1S/C19H19NO2S/c21-16-12-17(20-9-5-2-6-10-20)22-18-15(13-23-19(16)18)11-14-7-3-1-4-8-14/h1,3-4,7-8,12-13H,2,5-6,9-11H2. The zero-order chi connectivity index (χ0) is 15.6. The number of thiophene rings is 1. The molecule has 1 fully saturated rings. The van der Waals surface area contributed by atoms with Gasteiger partial charge in [0.15, 0.2) is 11.5 Å². The van der Waals surface area contributed by atoms with Crippen LogP contribution in [0.4, 0.5) is 5.88 Å². The summed E-state index contributed by atoms with van der Waals surface area (Å²) in [4.78, 5) is 14.6. The largest absolute Gasteiger partial charge is 0.439 e. The van der Waals surface area contributed by atoms with E-state index < -0.39 is 0 Å². The van der Waals surface area contributed by atoms with Gasteiger partial charge in [-0.05, 0) is 30.2 Å². The van der Waals surface area contributed by atoms with E-state index in [0.717, 1.165) is 41.2 Å². The molecule has 1 aliphatic heterocycles. The van der Waals surface area contributed by atoms with Gasteiger partial charge in [0, 0.05) is 31.1 Å². The number of piperidine rings is 1. The zero-order valence-corrected chi connectivity index (χ0v) is 13.8. The second kappa shape index (κ2) is 6.20. The van der Waals surface area contributed by atoms with Crippen molar-refractivity contribution in [3.05, 3.63) is 63.1 Å². The first kappa shape index (κ1) is 14.5. The Balaban J connectivity index is 1.74. The Kier molecular flexibility index (Phi) is 3.92. The summed E-state index contributed by atoms with van der Waals surface area (Å²) < 4.78 is 6.89. The average Bonchev–Trinajstić information content (AvgIpc) is 3.00. The van der Waals surface area contributed by atoms with Gasteiger partial charge in [0.1, 0.15) is 4.70 Å². The summed E-state index contributed by atoms with van der Waals surface area (Å²) in [7, 11) is 0. The molecule has 2 aromatic heterocycles. The van der Waals surface area contributed by atoms with E-state index in [9.17, 15) is 4.79 Å². The predicted octanol–water partition coefficient (Wildman–Crippen LogP) is 4.44. The first-order valence-electron chi connectivity index (χ1n) is 8.14. The molecule has 3 heterocycles. The fraction of sp³-hybridized carbons (Fsp3) is 0.316. The van der Waals surface area contributed by atoms with Crippen molar-refractivity contribution in [1.29, 1.82) is 0 Å². The topological polar surface area (TPSA) is 33.5 Å². The van der Waals surface area contributed by atoms with Gasteiger partial charge in [-0.3, -0.25) is 4.79 Å². The van der Waals surface area contributed by atoms with Gasteiger partial charge in [-0.1, -0.05) is 30.3 Å². The van der Waals surface area contributed by atoms with Crippen LogP contribution in [0.25, 0.3) is 10.3 Å². The summed E-state index contributed by atoms with van der Waals surface area (Å²) in [6.45, 7) is 1.96. The highest BCUT2D eigenvalue weighted by molar-refractivity contribution is 7.17. The van der Waals surface area contributed by atoms with Crippen LogP contribution in [0, 0.1) is 0 Å². The van der Waals surface area contributed by atoms with Crippen molar-refractivity contribution in [3.63, 3.8) is 0 Å². The Labute approximate surface area is 139 Å². The monoisotopic (exact) mass is 325 g/mol. The zero-order valence-electron chi connectivity index (χ0n) is 13.0. The molecular formula is C19H19NO2S. The number of rotatable bonds is 3. The highest BCUT2D eigenvalue weighted by atomic mass is 32.1. The van der Waals surface area contributed by atoms with Gasteiger partial charge in [0.2, 0.25) is 5.43 Å². The van der Waals surface area contributed by atoms with E-state index in [2.05, 4.69) is 22.4 Å². The molecule has 0 saturated carbocycles. The molecule has 0 aliphatic carbocycles. The van der Waals surface area contributed by atoms with Crippen LogP contribution in [0.15, 0.2) is 51.0 Å². The minimum Gasteiger partial charge on any atom is -0.439 e. The van der Waals surface area contributed by atoms with E-state index in [1.54, 1.807) is 6.07 Å². The number of benzene rings is 1. The average molecular weight is 325 g/mol. The SMILES string of the molecule is O=c1cc(N2CCCCC2)oc2c(Cc3ccccc3)csc12. The van der Waals surface area contributed by atoms with E-state index in [0.29, 0.717) is 0 Å². The maximum absolute atomic E-state index is 12.4. The molecule has 3 aromatic rings. The lowest BCUT2D eigenvalue weighted by Gasteiger charge is -2.26. The quantitative estimate of drug-likeness (QED) is 0.714. The fourth-order valence-corrected chi connectivity index (χ4v) is 4.09. The Bertz CT molecular complexity index is 860. The molecule has 0 N–H and O–H groups in total. The summed E-state index contributed by atoms with van der Waals surface area (Å²) in [5.74, 6) is 0.731. The molecule has 4 rings (SSSR count). The van der Waals surface area contributed by atoms with Crippen LogP contribution in [0.3, 0.4) is 0 Å². The summed E-state index contributed by atoms with van der Waals surface area (Å²) in [5, 5.41) is 2.06. The van der Waals surface area contributed by atoms with Crippen molar-refractivity contribution in [2.45, 2.75) is 25.7 Å². The van der Waals surface area contributed by atoms with Crippen molar-refractivity contribution in [2.24, 2.45) is 0 Å². The van der Waals surface area contributed by atoms with Crippen LogP contribution in [-0.4, -0.2) is 13.1 Å². The summed E-state index contributed by atoms with van der Waals surface area (Å²) in [6.07, 6.45) is 4.40. The van der Waals surface area contributed by atoms with Gasteiger partial charge in [0.25, 0.3) is 0 Å². The van der Waals surface area contributed by atoms with Crippen molar-refractivity contribution in [3.8, 4) is 0 Å². The highest BCUT2D eigenvalue weighted by Gasteiger charge is 2.17. The van der Waals surface area contributed by atoms with Crippen LogP contribution in [-0.2, 0) is 6.42 Å². The third kappa shape index (κ3) is 2.91. The smallest absolute Gasteiger partial charge is 0.204 e. The van der Waals surface area contributed by atoms with Crippen molar-refractivity contribution in [1.82, 2.24) is 0 Å². The summed E-state index contributed by atoms with van der Waals surface area (Å²) >= 11 is 1.49. The minimum absolute atomic E-state index is 0.0798. The lowest BCUT2D eigenvalue weighted by Crippen LogP contribution is -2.29. The normalized spacial score (nSPS) is 15.2. The summed E-state index contributed by atoms with van der Waals surface area (Å²) in [6, 6.07) is 12.0. The third-order valence-corrected chi connectivity index (χ3v) is 5.43. The molecule has 0 radical (unpaired) electrons. The third-order valence-electron chi connectivity index (χ3n) is 4.41. The molecule has 4 heteroatoms. The highest BCUT2D eigenvalue weighted by Crippen LogP contribution is 2.29. The molecule has 23 heavy (non-hydrogen) atoms. The van der Waals surface area contributed by atoms with Crippen molar-refractivity contribution >= 4 is 27.5 Å². The van der Waals surface area contributed by atoms with Crippen LogP contribution >= 0.6 is 11.3 Å². The lowest BCUT2D eigenvalue weighted by atomic mass is 10.1. The van der Waals surface area contributed by atoms with Crippen molar-refractivity contribution in [2.75, 3.05) is 18.0 Å². The first-order valence-corrected chi connectivity index (χ1v) is 9.02. The molecule has 1 aromatic carbocycles. The van der Waals surface area contributed by atoms with Gasteiger partial charge >= 0.3 is 0 Å². The van der Waals surface area contributed by atoms with E-state index in [1.165, 1.54) is 36.2 Å². The number of nitrogens with zero attached hydrogens (tertiary/aromatic N) is 1. The van der Waals surface area contributed by atoms with Gasteiger partial charge in [-0.25, -0.2) is 0 Å². The van der Waals surface area contributed by atoms with E-state index in [4.69, 9.17) is 4.42 Å². The first-order chi connectivity index (χ1) is 11.3. The molecule has 1 aliphatic rings. The van der Waals surface area contributed by atoms with Crippen LogP contribution in [0.2, 0.25) is 0 Å². The minimum atomic E-state index is 0.0798. The van der Waals surface area contributed by atoms with Gasteiger partial charge in [0.05, 0.1) is 0 Å². The molecule has 1 saturated heterocycles. The van der Waals surface area contributed by atoms with E-state index in [-0.39, 0.29) is 5.43 Å². The Morgan fingerprint density at radius 1 is 1.09 bits per heavy atom. The van der Waals surface area contributed by atoms with Gasteiger partial charge < -0.3 is 9.32 Å². The Morgan fingerprint density at radius 3 is 2.65 bits per heavy atom. The number of hydrogen-bond acceptors (Lipinski definition) is 4. The maximum Gasteiger partial charge on any atom is 0.204 e. The van der Waals surface area contributed by atoms with Gasteiger partial charge in [-0.15, -0.1) is 11.3 Å². The second-order valence-corrected chi connectivity index (χ2v) is 6.96. The summed E-state index contributed by atoms with van der Waals surface area (Å²) in [5.41, 5.74) is 3.19. The lowest BCUT2D eigenvalue weighted by molar-refractivity contribution is 0.512. The van der Waals surface area contributed by atoms with Crippen LogP contribution in [0.1, 0.15) is 30.4 Å². The van der Waals surface area contributed by atoms with Crippen LogP contribution in [0.5, 0.6) is 0 Å². The number of fused-ring (bicyclic) bond motifs is 1. The predicted molar refractivity (Wildman–Crippen MR) is 95.7 cm³/mol. The molecule has 0 unspecified atom stereocenters.